The van der Waals surface area contributed by atoms with E-state index in [1.807, 2.05) is 13.0 Å². The van der Waals surface area contributed by atoms with Crippen molar-refractivity contribution in [3.63, 3.8) is 0 Å². The maximum absolute atomic E-state index is 9.59. The lowest BCUT2D eigenvalue weighted by atomic mass is 9.99. The van der Waals surface area contributed by atoms with Crippen molar-refractivity contribution >= 4 is 5.82 Å². The van der Waals surface area contributed by atoms with Gasteiger partial charge in [-0.1, -0.05) is 30.3 Å². The predicted molar refractivity (Wildman–Crippen MR) is 92.5 cm³/mol. The van der Waals surface area contributed by atoms with Crippen LogP contribution in [0.4, 0.5) is 5.82 Å². The van der Waals surface area contributed by atoms with E-state index in [1.165, 1.54) is 5.56 Å². The Balaban J connectivity index is 1.43. The Morgan fingerprint density at radius 3 is 3.00 bits per heavy atom. The van der Waals surface area contributed by atoms with E-state index in [0.29, 0.717) is 5.92 Å². The average molecular weight is 314 g/mol. The maximum atomic E-state index is 9.59. The van der Waals surface area contributed by atoms with Crippen molar-refractivity contribution in [1.82, 2.24) is 15.1 Å². The van der Waals surface area contributed by atoms with E-state index >= 15 is 0 Å². The summed E-state index contributed by atoms with van der Waals surface area (Å²) in [6, 6.07) is 12.5. The number of nitrogens with zero attached hydrogens (tertiary/aromatic N) is 2. The summed E-state index contributed by atoms with van der Waals surface area (Å²) in [5, 5.41) is 21.1. The predicted octanol–water partition coefficient (Wildman–Crippen LogP) is 1.67. The summed E-state index contributed by atoms with van der Waals surface area (Å²) >= 11 is 0. The fraction of sp³-hybridized carbons (Fsp3) is 0.500. The monoisotopic (exact) mass is 314 g/mol. The molecule has 0 aliphatic carbocycles. The number of nitrogens with one attached hydrogen (secondary N) is 2. The minimum Gasteiger partial charge on any atom is -0.396 e. The molecule has 1 aliphatic heterocycles. The highest BCUT2D eigenvalue weighted by atomic mass is 16.3. The second-order valence-corrected chi connectivity index (χ2v) is 6.50. The molecule has 5 nitrogen and oxygen atoms in total. The largest absolute Gasteiger partial charge is 0.396 e. The van der Waals surface area contributed by atoms with E-state index in [2.05, 4.69) is 50.7 Å². The van der Waals surface area contributed by atoms with Crippen molar-refractivity contribution in [3.8, 4) is 0 Å². The minimum atomic E-state index is 0.216. The summed E-state index contributed by atoms with van der Waals surface area (Å²) in [6.07, 6.45) is 0.912. The zero-order valence-electron chi connectivity index (χ0n) is 13.7. The Morgan fingerprint density at radius 2 is 2.22 bits per heavy atom. The zero-order chi connectivity index (χ0) is 16.1. The van der Waals surface area contributed by atoms with Gasteiger partial charge < -0.3 is 15.7 Å². The first-order valence-electron chi connectivity index (χ1n) is 8.38. The summed E-state index contributed by atoms with van der Waals surface area (Å²) in [7, 11) is 0. The third-order valence-corrected chi connectivity index (χ3v) is 4.40. The van der Waals surface area contributed by atoms with Gasteiger partial charge in [0.15, 0.2) is 0 Å². The average Bonchev–Trinajstić information content (AvgIpc) is 2.94. The summed E-state index contributed by atoms with van der Waals surface area (Å²) in [6.45, 7) is 5.94. The van der Waals surface area contributed by atoms with E-state index in [1.54, 1.807) is 0 Å². The number of fused-ring (bicyclic) bond motifs is 1. The van der Waals surface area contributed by atoms with Crippen LogP contribution in [0.3, 0.4) is 0 Å². The molecule has 2 aromatic rings. The van der Waals surface area contributed by atoms with Crippen LogP contribution in [0.15, 0.2) is 36.4 Å². The molecule has 124 valence electrons. The lowest BCUT2D eigenvalue weighted by Gasteiger charge is -2.26. The summed E-state index contributed by atoms with van der Waals surface area (Å²) in [4.78, 5) is 0. The molecule has 0 amide bonds. The molecule has 3 N–H and O–H groups in total. The van der Waals surface area contributed by atoms with Crippen molar-refractivity contribution < 1.29 is 5.11 Å². The van der Waals surface area contributed by atoms with Crippen LogP contribution in [0.25, 0.3) is 0 Å². The van der Waals surface area contributed by atoms with Gasteiger partial charge in [0.2, 0.25) is 0 Å². The molecule has 0 unspecified atom stereocenters. The van der Waals surface area contributed by atoms with Crippen LogP contribution in [0.1, 0.15) is 11.3 Å². The standard InChI is InChI=1S/C18H26N4O/c1-14-7-18-20-11-17(12-22(18)21-14)10-19-9-16(13-23)8-15-5-3-2-4-6-15/h2-7,16-17,19-20,23H,8-13H2,1H3/t16-,17+/m1/s1. The number of anilines is 1. The molecular weight excluding hydrogens is 288 g/mol. The minimum absolute atomic E-state index is 0.216. The maximum Gasteiger partial charge on any atom is 0.124 e. The van der Waals surface area contributed by atoms with Gasteiger partial charge in [-0.15, -0.1) is 0 Å². The smallest absolute Gasteiger partial charge is 0.124 e. The van der Waals surface area contributed by atoms with Crippen LogP contribution in [-0.2, 0) is 13.0 Å². The van der Waals surface area contributed by atoms with Crippen molar-refractivity contribution in [2.24, 2.45) is 11.8 Å². The van der Waals surface area contributed by atoms with Crippen molar-refractivity contribution in [2.45, 2.75) is 19.9 Å². The van der Waals surface area contributed by atoms with Crippen LogP contribution in [0.2, 0.25) is 0 Å². The summed E-state index contributed by atoms with van der Waals surface area (Å²) in [5.74, 6) is 1.91. The molecular formula is C18H26N4O. The van der Waals surface area contributed by atoms with Gasteiger partial charge in [-0.25, -0.2) is 4.68 Å². The SMILES string of the molecule is Cc1cc2n(n1)C[C@@H](CNC[C@H](CO)Cc1ccccc1)CN2. The summed E-state index contributed by atoms with van der Waals surface area (Å²) in [5.41, 5.74) is 2.34. The van der Waals surface area contributed by atoms with E-state index in [4.69, 9.17) is 0 Å². The molecule has 0 fully saturated rings. The molecule has 0 saturated heterocycles. The van der Waals surface area contributed by atoms with Crippen molar-refractivity contribution in [3.05, 3.63) is 47.7 Å². The molecule has 1 aliphatic rings. The number of aliphatic hydroxyl groups excluding tert-OH is 1. The molecule has 0 radical (unpaired) electrons. The van der Waals surface area contributed by atoms with E-state index in [0.717, 1.165) is 44.1 Å². The number of aliphatic hydroxyl groups is 1. The Kier molecular flexibility index (Phi) is 5.31. The fourth-order valence-electron chi connectivity index (χ4n) is 3.16. The first-order chi connectivity index (χ1) is 11.2. The third kappa shape index (κ3) is 4.33. The van der Waals surface area contributed by atoms with Gasteiger partial charge in [-0.3, -0.25) is 0 Å². The Morgan fingerprint density at radius 1 is 1.39 bits per heavy atom. The topological polar surface area (TPSA) is 62.1 Å². The molecule has 3 rings (SSSR count). The summed E-state index contributed by atoms with van der Waals surface area (Å²) < 4.78 is 2.05. The van der Waals surface area contributed by atoms with Gasteiger partial charge in [0.05, 0.1) is 5.69 Å². The lowest BCUT2D eigenvalue weighted by molar-refractivity contribution is 0.219. The van der Waals surface area contributed by atoms with Crippen LogP contribution in [-0.4, -0.2) is 41.1 Å². The zero-order valence-corrected chi connectivity index (χ0v) is 13.7. The van der Waals surface area contributed by atoms with Gasteiger partial charge in [-0.2, -0.15) is 5.10 Å². The molecule has 2 heterocycles. The molecule has 0 spiro atoms. The molecule has 2 atom stereocenters. The van der Waals surface area contributed by atoms with Crippen molar-refractivity contribution in [2.75, 3.05) is 31.6 Å². The number of rotatable bonds is 7. The van der Waals surface area contributed by atoms with Gasteiger partial charge in [0.25, 0.3) is 0 Å². The highest BCUT2D eigenvalue weighted by Crippen LogP contribution is 2.18. The third-order valence-electron chi connectivity index (χ3n) is 4.40. The van der Waals surface area contributed by atoms with Gasteiger partial charge in [0.1, 0.15) is 5.82 Å². The molecule has 23 heavy (non-hydrogen) atoms. The number of aromatic nitrogens is 2. The first kappa shape index (κ1) is 16.0. The number of benzene rings is 1. The second-order valence-electron chi connectivity index (χ2n) is 6.50. The number of hydrogen-bond donors (Lipinski definition) is 3. The Labute approximate surface area is 137 Å². The normalized spacial score (nSPS) is 18.3. The van der Waals surface area contributed by atoms with Crippen LogP contribution in [0, 0.1) is 18.8 Å². The Hall–Kier alpha value is -1.85. The van der Waals surface area contributed by atoms with E-state index in [9.17, 15) is 5.11 Å². The molecule has 0 bridgehead atoms. The molecule has 1 aromatic carbocycles. The van der Waals surface area contributed by atoms with Crippen molar-refractivity contribution in [1.29, 1.82) is 0 Å². The highest BCUT2D eigenvalue weighted by Gasteiger charge is 2.19. The van der Waals surface area contributed by atoms with Crippen LogP contribution in [0.5, 0.6) is 0 Å². The first-order valence-corrected chi connectivity index (χ1v) is 8.38. The second kappa shape index (κ2) is 7.62. The molecule has 1 aromatic heterocycles. The lowest BCUT2D eigenvalue weighted by Crippen LogP contribution is -2.37. The molecule has 0 saturated carbocycles. The Bertz CT molecular complexity index is 611. The van der Waals surface area contributed by atoms with Crippen LogP contribution >= 0.6 is 0 Å². The van der Waals surface area contributed by atoms with E-state index < -0.39 is 0 Å². The number of aryl methyl sites for hydroxylation is 1. The number of hydrogen-bond acceptors (Lipinski definition) is 4. The van der Waals surface area contributed by atoms with Crippen LogP contribution < -0.4 is 10.6 Å². The highest BCUT2D eigenvalue weighted by molar-refractivity contribution is 5.38. The quantitative estimate of drug-likeness (QED) is 0.727. The van der Waals surface area contributed by atoms with Gasteiger partial charge in [-0.05, 0) is 24.8 Å². The van der Waals surface area contributed by atoms with Gasteiger partial charge >= 0.3 is 0 Å². The fourth-order valence-corrected chi connectivity index (χ4v) is 3.16. The van der Waals surface area contributed by atoms with E-state index in [-0.39, 0.29) is 12.5 Å². The molecule has 5 heteroatoms. The van der Waals surface area contributed by atoms with Gasteiger partial charge in [0, 0.05) is 44.8 Å².